The Hall–Kier alpha value is -2.38. The number of fused-ring (bicyclic) bond motifs is 1. The van der Waals surface area contributed by atoms with Crippen molar-refractivity contribution in [1.29, 1.82) is 0 Å². The largest absolute Gasteiger partial charge is 0.497 e. The molecule has 7 heteroatoms. The molecule has 26 heavy (non-hydrogen) atoms. The number of benzene rings is 2. The fourth-order valence-electron chi connectivity index (χ4n) is 2.96. The average Bonchev–Trinajstić information content (AvgIpc) is 2.67. The molecule has 3 rings (SSSR count). The first kappa shape index (κ1) is 18.4. The fourth-order valence-corrected chi connectivity index (χ4v) is 4.38. The van der Waals surface area contributed by atoms with E-state index in [1.807, 2.05) is 18.2 Å². The Balaban J connectivity index is 1.83. The number of nitrogens with zero attached hydrogens (tertiary/aromatic N) is 1. The third-order valence-corrected chi connectivity index (χ3v) is 6.34. The van der Waals surface area contributed by atoms with E-state index in [1.165, 1.54) is 4.31 Å². The number of rotatable bonds is 5. The lowest BCUT2D eigenvalue weighted by atomic mass is 10.0. The Morgan fingerprint density at radius 3 is 2.54 bits per heavy atom. The predicted molar refractivity (Wildman–Crippen MR) is 99.7 cm³/mol. The summed E-state index contributed by atoms with van der Waals surface area (Å²) in [7, 11) is -2.04. The van der Waals surface area contributed by atoms with Gasteiger partial charge in [0, 0.05) is 25.2 Å². The van der Waals surface area contributed by atoms with E-state index in [0.29, 0.717) is 37.4 Å². The van der Waals surface area contributed by atoms with Crippen molar-refractivity contribution in [2.45, 2.75) is 31.2 Å². The molecule has 2 aromatic carbocycles. The van der Waals surface area contributed by atoms with Gasteiger partial charge in [-0.1, -0.05) is 13.0 Å². The molecule has 0 bridgehead atoms. The van der Waals surface area contributed by atoms with E-state index >= 15 is 0 Å². The zero-order valence-electron chi connectivity index (χ0n) is 14.9. The standard InChI is InChI=1S/C19H22N2O4S/c1-3-19(22)20-16-5-4-14-10-11-21(13-15(14)12-16)26(23,24)18-8-6-17(25-2)7-9-18/h4-9,12H,3,10-11,13H2,1-2H3,(H,20,22). The van der Waals surface area contributed by atoms with E-state index < -0.39 is 10.0 Å². The van der Waals surface area contributed by atoms with Crippen molar-refractivity contribution in [2.24, 2.45) is 0 Å². The monoisotopic (exact) mass is 374 g/mol. The van der Waals surface area contributed by atoms with E-state index in [9.17, 15) is 13.2 Å². The molecule has 2 aromatic rings. The van der Waals surface area contributed by atoms with Gasteiger partial charge in [0.1, 0.15) is 5.75 Å². The number of anilines is 1. The number of methoxy groups -OCH3 is 1. The van der Waals surface area contributed by atoms with Crippen LogP contribution in [0.4, 0.5) is 5.69 Å². The summed E-state index contributed by atoms with van der Waals surface area (Å²) in [6.45, 7) is 2.51. The van der Waals surface area contributed by atoms with Crippen molar-refractivity contribution in [1.82, 2.24) is 4.31 Å². The van der Waals surface area contributed by atoms with Crippen molar-refractivity contribution in [3.63, 3.8) is 0 Å². The third kappa shape index (κ3) is 3.73. The Kier molecular flexibility index (Phi) is 5.29. The van der Waals surface area contributed by atoms with Crippen LogP contribution in [-0.2, 0) is 27.8 Å². The SMILES string of the molecule is CCC(=O)Nc1ccc2c(c1)CN(S(=O)(=O)c1ccc(OC)cc1)CC2. The van der Waals surface area contributed by atoms with Gasteiger partial charge in [-0.3, -0.25) is 4.79 Å². The second-order valence-corrected chi connectivity index (χ2v) is 8.09. The van der Waals surface area contributed by atoms with Crippen molar-refractivity contribution in [3.8, 4) is 5.75 Å². The molecule has 0 atom stereocenters. The number of amides is 1. The van der Waals surface area contributed by atoms with Crippen LogP contribution in [0.3, 0.4) is 0 Å². The summed E-state index contributed by atoms with van der Waals surface area (Å²) in [5, 5.41) is 2.82. The Morgan fingerprint density at radius 2 is 1.88 bits per heavy atom. The van der Waals surface area contributed by atoms with E-state index in [0.717, 1.165) is 11.1 Å². The molecule has 0 radical (unpaired) electrons. The van der Waals surface area contributed by atoms with Crippen LogP contribution in [0.2, 0.25) is 0 Å². The summed E-state index contributed by atoms with van der Waals surface area (Å²) in [4.78, 5) is 11.8. The lowest BCUT2D eigenvalue weighted by molar-refractivity contribution is -0.115. The fraction of sp³-hybridized carbons (Fsp3) is 0.316. The maximum absolute atomic E-state index is 12.9. The first-order valence-electron chi connectivity index (χ1n) is 8.50. The number of carbonyl (C=O) groups excluding carboxylic acids is 1. The van der Waals surface area contributed by atoms with Gasteiger partial charge in [-0.15, -0.1) is 0 Å². The van der Waals surface area contributed by atoms with Crippen LogP contribution in [0, 0.1) is 0 Å². The lowest BCUT2D eigenvalue weighted by Crippen LogP contribution is -2.36. The van der Waals surface area contributed by atoms with Crippen LogP contribution >= 0.6 is 0 Å². The second kappa shape index (κ2) is 7.47. The molecule has 138 valence electrons. The van der Waals surface area contributed by atoms with E-state index in [1.54, 1.807) is 38.3 Å². The Bertz CT molecular complexity index is 908. The summed E-state index contributed by atoms with van der Waals surface area (Å²) in [5.41, 5.74) is 2.72. The van der Waals surface area contributed by atoms with Crippen LogP contribution < -0.4 is 10.1 Å². The normalized spacial score (nSPS) is 14.5. The number of hydrogen-bond donors (Lipinski definition) is 1. The molecule has 0 aromatic heterocycles. The molecular weight excluding hydrogens is 352 g/mol. The van der Waals surface area contributed by atoms with Gasteiger partial charge in [-0.25, -0.2) is 8.42 Å². The van der Waals surface area contributed by atoms with Gasteiger partial charge in [0.15, 0.2) is 0 Å². The van der Waals surface area contributed by atoms with Crippen LogP contribution in [0.1, 0.15) is 24.5 Å². The minimum absolute atomic E-state index is 0.0662. The van der Waals surface area contributed by atoms with E-state index in [-0.39, 0.29) is 10.8 Å². The molecule has 1 aliphatic heterocycles. The molecule has 1 N–H and O–H groups in total. The highest BCUT2D eigenvalue weighted by molar-refractivity contribution is 7.89. The second-order valence-electron chi connectivity index (χ2n) is 6.15. The van der Waals surface area contributed by atoms with E-state index in [4.69, 9.17) is 4.74 Å². The van der Waals surface area contributed by atoms with E-state index in [2.05, 4.69) is 5.32 Å². The highest BCUT2D eigenvalue weighted by Crippen LogP contribution is 2.27. The van der Waals surface area contributed by atoms with Crippen molar-refractivity contribution in [3.05, 3.63) is 53.6 Å². The van der Waals surface area contributed by atoms with Gasteiger partial charge < -0.3 is 10.1 Å². The molecular formula is C19H22N2O4S. The number of nitrogens with one attached hydrogen (secondary N) is 1. The number of sulfonamides is 1. The van der Waals surface area contributed by atoms with Gasteiger partial charge in [0.05, 0.1) is 12.0 Å². The average molecular weight is 374 g/mol. The quantitative estimate of drug-likeness (QED) is 0.873. The molecule has 1 amide bonds. The van der Waals surface area contributed by atoms with Gasteiger partial charge in [0.25, 0.3) is 0 Å². The summed E-state index contributed by atoms with van der Waals surface area (Å²) in [5.74, 6) is 0.549. The summed E-state index contributed by atoms with van der Waals surface area (Å²) < 4.78 is 32.4. The summed E-state index contributed by atoms with van der Waals surface area (Å²) in [6, 6.07) is 12.1. The van der Waals surface area contributed by atoms with Crippen molar-refractivity contribution >= 4 is 21.6 Å². The zero-order chi connectivity index (χ0) is 18.7. The van der Waals surface area contributed by atoms with Gasteiger partial charge >= 0.3 is 0 Å². The number of ether oxygens (including phenoxy) is 1. The first-order valence-corrected chi connectivity index (χ1v) is 9.94. The Labute approximate surface area is 153 Å². The van der Waals surface area contributed by atoms with Crippen LogP contribution in [0.25, 0.3) is 0 Å². The molecule has 0 saturated heterocycles. The lowest BCUT2D eigenvalue weighted by Gasteiger charge is -2.28. The summed E-state index contributed by atoms with van der Waals surface area (Å²) in [6.07, 6.45) is 1.04. The minimum atomic E-state index is -3.58. The van der Waals surface area contributed by atoms with Gasteiger partial charge in [0.2, 0.25) is 15.9 Å². The van der Waals surface area contributed by atoms with Gasteiger partial charge in [-0.2, -0.15) is 4.31 Å². The molecule has 1 aliphatic rings. The maximum Gasteiger partial charge on any atom is 0.243 e. The summed E-state index contributed by atoms with van der Waals surface area (Å²) >= 11 is 0. The molecule has 0 unspecified atom stereocenters. The van der Waals surface area contributed by atoms with Crippen LogP contribution in [0.5, 0.6) is 5.75 Å². The molecule has 1 heterocycles. The molecule has 0 fully saturated rings. The smallest absolute Gasteiger partial charge is 0.243 e. The minimum Gasteiger partial charge on any atom is -0.497 e. The molecule has 6 nitrogen and oxygen atoms in total. The molecule has 0 saturated carbocycles. The molecule has 0 spiro atoms. The number of hydrogen-bond acceptors (Lipinski definition) is 4. The van der Waals surface area contributed by atoms with Crippen molar-refractivity contribution in [2.75, 3.05) is 19.0 Å². The zero-order valence-corrected chi connectivity index (χ0v) is 15.7. The van der Waals surface area contributed by atoms with Gasteiger partial charge in [-0.05, 0) is 53.9 Å². The highest BCUT2D eigenvalue weighted by atomic mass is 32.2. The maximum atomic E-state index is 12.9. The Morgan fingerprint density at radius 1 is 1.15 bits per heavy atom. The van der Waals surface area contributed by atoms with Crippen LogP contribution in [0.15, 0.2) is 47.4 Å². The third-order valence-electron chi connectivity index (χ3n) is 4.49. The number of carbonyl (C=O) groups is 1. The topological polar surface area (TPSA) is 75.7 Å². The molecule has 0 aliphatic carbocycles. The van der Waals surface area contributed by atoms with Crippen LogP contribution in [-0.4, -0.2) is 32.3 Å². The van der Waals surface area contributed by atoms with Crippen molar-refractivity contribution < 1.29 is 17.9 Å². The highest BCUT2D eigenvalue weighted by Gasteiger charge is 2.28. The predicted octanol–water partition coefficient (Wildman–Crippen LogP) is 2.79. The first-order chi connectivity index (χ1) is 12.4.